The monoisotopic (exact) mass is 209 g/mol. The van der Waals surface area contributed by atoms with Crippen molar-refractivity contribution in [1.29, 1.82) is 0 Å². The zero-order chi connectivity index (χ0) is 10.8. The highest BCUT2D eigenvalue weighted by Gasteiger charge is 2.35. The van der Waals surface area contributed by atoms with Crippen molar-refractivity contribution in [3.05, 3.63) is 53.9 Å². The highest BCUT2D eigenvalue weighted by Crippen LogP contribution is 2.29. The van der Waals surface area contributed by atoms with Crippen LogP contribution in [0.5, 0.6) is 0 Å². The van der Waals surface area contributed by atoms with Crippen molar-refractivity contribution in [3.8, 4) is 0 Å². The molecule has 1 radical (unpaired) electrons. The lowest BCUT2D eigenvalue weighted by Crippen LogP contribution is -2.29. The normalized spacial score (nSPS) is 16.8. The van der Waals surface area contributed by atoms with E-state index in [1.165, 1.54) is 0 Å². The Hall–Kier alpha value is -2.23. The minimum absolute atomic E-state index is 0.471. The summed E-state index contributed by atoms with van der Waals surface area (Å²) in [4.78, 5) is 0. The Morgan fingerprint density at radius 1 is 1.06 bits per heavy atom. The maximum absolute atomic E-state index is 4.18. The largest absolute Gasteiger partial charge is 0.285 e. The van der Waals surface area contributed by atoms with Crippen LogP contribution in [0.25, 0.3) is 0 Å². The van der Waals surface area contributed by atoms with Gasteiger partial charge in [-0.2, -0.15) is 15.3 Å². The molecular formula is C12H9N4. The summed E-state index contributed by atoms with van der Waals surface area (Å²) in [5.74, 6) is 0. The van der Waals surface area contributed by atoms with E-state index < -0.39 is 5.41 Å². The molecule has 0 saturated carbocycles. The van der Waals surface area contributed by atoms with E-state index in [0.717, 1.165) is 11.3 Å². The molecule has 1 N–H and O–H groups in total. The molecule has 0 saturated heterocycles. The standard InChI is InChI=1S/C12H9N4/c1-2-4-10(5-3-1)12(8-14-15-9-12)11-6-7-13-16-11/h1-5,7-9H,(H,13,16). The van der Waals surface area contributed by atoms with Gasteiger partial charge in [0.1, 0.15) is 5.41 Å². The number of H-pyrrole nitrogens is 1. The molecule has 0 spiro atoms. The van der Waals surface area contributed by atoms with Gasteiger partial charge in [0.2, 0.25) is 0 Å². The number of aromatic nitrogens is 2. The minimum Gasteiger partial charge on any atom is -0.285 e. The number of hydrogen-bond acceptors (Lipinski definition) is 3. The van der Waals surface area contributed by atoms with Gasteiger partial charge < -0.3 is 0 Å². The maximum Gasteiger partial charge on any atom is 0.114 e. The molecule has 1 aliphatic rings. The predicted octanol–water partition coefficient (Wildman–Crippen LogP) is 1.57. The lowest BCUT2D eigenvalue weighted by Gasteiger charge is -2.20. The Morgan fingerprint density at radius 3 is 2.44 bits per heavy atom. The van der Waals surface area contributed by atoms with Crippen LogP contribution >= 0.6 is 0 Å². The molecule has 16 heavy (non-hydrogen) atoms. The molecule has 0 amide bonds. The second-order valence-electron chi connectivity index (χ2n) is 3.60. The lowest BCUT2D eigenvalue weighted by molar-refractivity contribution is 0.888. The van der Waals surface area contributed by atoms with Gasteiger partial charge in [-0.3, -0.25) is 5.10 Å². The van der Waals surface area contributed by atoms with Crippen molar-refractivity contribution in [2.45, 2.75) is 5.41 Å². The Labute approximate surface area is 92.7 Å². The summed E-state index contributed by atoms with van der Waals surface area (Å²) < 4.78 is 0. The van der Waals surface area contributed by atoms with Crippen LogP contribution in [0.4, 0.5) is 0 Å². The first kappa shape index (κ1) is 9.03. The van der Waals surface area contributed by atoms with E-state index in [4.69, 9.17) is 0 Å². The van der Waals surface area contributed by atoms with Crippen LogP contribution in [0.3, 0.4) is 0 Å². The molecule has 0 aliphatic carbocycles. The van der Waals surface area contributed by atoms with Crippen molar-refractivity contribution in [1.82, 2.24) is 10.2 Å². The molecule has 1 aliphatic heterocycles. The molecule has 2 aromatic rings. The molecule has 3 rings (SSSR count). The zero-order valence-electron chi connectivity index (χ0n) is 8.46. The predicted molar refractivity (Wildman–Crippen MR) is 61.6 cm³/mol. The lowest BCUT2D eigenvalue weighted by atomic mass is 9.80. The molecule has 4 heteroatoms. The van der Waals surface area contributed by atoms with Crippen molar-refractivity contribution < 1.29 is 0 Å². The summed E-state index contributed by atoms with van der Waals surface area (Å²) >= 11 is 0. The van der Waals surface area contributed by atoms with Gasteiger partial charge in [-0.1, -0.05) is 30.3 Å². The van der Waals surface area contributed by atoms with Gasteiger partial charge >= 0.3 is 0 Å². The van der Waals surface area contributed by atoms with E-state index in [1.807, 2.05) is 30.3 Å². The average molecular weight is 209 g/mol. The highest BCUT2D eigenvalue weighted by molar-refractivity contribution is 6.02. The number of hydrogen-bond donors (Lipinski definition) is 1. The van der Waals surface area contributed by atoms with E-state index in [9.17, 15) is 0 Å². The van der Waals surface area contributed by atoms with Crippen LogP contribution in [-0.4, -0.2) is 22.6 Å². The van der Waals surface area contributed by atoms with E-state index in [0.29, 0.717) is 0 Å². The van der Waals surface area contributed by atoms with Gasteiger partial charge in [-0.05, 0) is 5.56 Å². The molecule has 0 fully saturated rings. The fourth-order valence-electron chi connectivity index (χ4n) is 1.85. The smallest absolute Gasteiger partial charge is 0.114 e. The van der Waals surface area contributed by atoms with Gasteiger partial charge in [0.15, 0.2) is 0 Å². The topological polar surface area (TPSA) is 53.4 Å². The third kappa shape index (κ3) is 1.20. The number of rotatable bonds is 2. The van der Waals surface area contributed by atoms with Crippen molar-refractivity contribution >= 4 is 12.4 Å². The molecule has 1 aromatic heterocycles. The van der Waals surface area contributed by atoms with Gasteiger partial charge in [0.25, 0.3) is 0 Å². The Bertz CT molecular complexity index is 513. The SMILES string of the molecule is [c]1c[nH]nc1C1(c2ccccc2)C=NN=C1. The number of benzene rings is 1. The van der Waals surface area contributed by atoms with Crippen LogP contribution in [0, 0.1) is 6.07 Å². The molecule has 4 nitrogen and oxygen atoms in total. The first-order chi connectivity index (χ1) is 7.92. The first-order valence-electron chi connectivity index (χ1n) is 4.98. The van der Waals surface area contributed by atoms with Gasteiger partial charge in [-0.15, -0.1) is 0 Å². The second-order valence-corrected chi connectivity index (χ2v) is 3.60. The Balaban J connectivity index is 2.19. The molecule has 0 bridgehead atoms. The summed E-state index contributed by atoms with van der Waals surface area (Å²) in [7, 11) is 0. The maximum atomic E-state index is 4.18. The summed E-state index contributed by atoms with van der Waals surface area (Å²) in [6.07, 6.45) is 5.25. The summed E-state index contributed by atoms with van der Waals surface area (Å²) in [6, 6.07) is 13.1. The van der Waals surface area contributed by atoms with Gasteiger partial charge in [0.05, 0.1) is 5.69 Å². The quantitative estimate of drug-likeness (QED) is 0.801. The number of nitrogens with zero attached hydrogens (tertiary/aromatic N) is 3. The summed E-state index contributed by atoms with van der Waals surface area (Å²) in [5, 5.41) is 14.8. The molecule has 1 aromatic carbocycles. The fraction of sp³-hybridized carbons (Fsp3) is 0.0833. The van der Waals surface area contributed by atoms with Crippen LogP contribution in [-0.2, 0) is 5.41 Å². The van der Waals surface area contributed by atoms with Gasteiger partial charge in [-0.25, -0.2) is 0 Å². The number of nitrogens with one attached hydrogen (secondary N) is 1. The first-order valence-corrected chi connectivity index (χ1v) is 4.98. The molecule has 2 heterocycles. The highest BCUT2D eigenvalue weighted by atomic mass is 15.2. The fourth-order valence-corrected chi connectivity index (χ4v) is 1.85. The second kappa shape index (κ2) is 3.41. The van der Waals surface area contributed by atoms with E-state index in [-0.39, 0.29) is 0 Å². The van der Waals surface area contributed by atoms with Crippen molar-refractivity contribution in [2.75, 3.05) is 0 Å². The van der Waals surface area contributed by atoms with Crippen LogP contribution in [0.15, 0.2) is 46.7 Å². The van der Waals surface area contributed by atoms with Crippen LogP contribution in [0.2, 0.25) is 0 Å². The van der Waals surface area contributed by atoms with Crippen LogP contribution < -0.4 is 0 Å². The van der Waals surface area contributed by atoms with E-state index in [2.05, 4.69) is 26.5 Å². The third-order valence-corrected chi connectivity index (χ3v) is 2.68. The summed E-state index contributed by atoms with van der Waals surface area (Å²) in [5.41, 5.74) is 1.40. The van der Waals surface area contributed by atoms with Crippen LogP contribution in [0.1, 0.15) is 11.3 Å². The van der Waals surface area contributed by atoms with Gasteiger partial charge in [0, 0.05) is 24.7 Å². The molecule has 0 atom stereocenters. The summed E-state index contributed by atoms with van der Waals surface area (Å²) in [6.45, 7) is 0. The van der Waals surface area contributed by atoms with E-state index >= 15 is 0 Å². The Morgan fingerprint density at radius 2 is 1.81 bits per heavy atom. The molecule has 0 unspecified atom stereocenters. The zero-order valence-corrected chi connectivity index (χ0v) is 8.46. The molecule has 77 valence electrons. The van der Waals surface area contributed by atoms with Crippen molar-refractivity contribution in [3.63, 3.8) is 0 Å². The third-order valence-electron chi connectivity index (χ3n) is 2.68. The average Bonchev–Trinajstić information content (AvgIpc) is 3.02. The van der Waals surface area contributed by atoms with E-state index in [1.54, 1.807) is 18.6 Å². The van der Waals surface area contributed by atoms with Crippen molar-refractivity contribution in [2.24, 2.45) is 10.2 Å². The molecular weight excluding hydrogens is 200 g/mol. The minimum atomic E-state index is -0.471. The number of aromatic amines is 1. The Kier molecular flexibility index (Phi) is 1.93.